The smallest absolute Gasteiger partial charge is 0.131 e. The van der Waals surface area contributed by atoms with E-state index in [0.29, 0.717) is 5.56 Å². The summed E-state index contributed by atoms with van der Waals surface area (Å²) >= 11 is 1.71. The highest BCUT2D eigenvalue weighted by Crippen LogP contribution is 2.26. The molecule has 1 N–H and O–H groups in total. The van der Waals surface area contributed by atoms with E-state index in [1.807, 2.05) is 42.5 Å². The van der Waals surface area contributed by atoms with Gasteiger partial charge in [0, 0.05) is 15.8 Å². The van der Waals surface area contributed by atoms with E-state index in [1.165, 1.54) is 4.90 Å². The van der Waals surface area contributed by atoms with Crippen molar-refractivity contribution in [3.8, 4) is 17.6 Å². The number of hydrogen-bond donors (Lipinski definition) is 1. The van der Waals surface area contributed by atoms with Gasteiger partial charge in [0.2, 0.25) is 0 Å². The van der Waals surface area contributed by atoms with E-state index in [4.69, 9.17) is 0 Å². The molecule has 0 fully saturated rings. The number of phenolic OH excluding ortho intramolecular Hbond substituents is 1. The van der Waals surface area contributed by atoms with Crippen molar-refractivity contribution in [3.63, 3.8) is 0 Å². The predicted molar refractivity (Wildman–Crippen MR) is 89.8 cm³/mol. The third kappa shape index (κ3) is 2.89. The number of rotatable bonds is 1. The molecule has 3 rings (SSSR count). The van der Waals surface area contributed by atoms with Gasteiger partial charge in [-0.2, -0.15) is 0 Å². The molecule has 1 nitrogen and oxygen atoms in total. The van der Waals surface area contributed by atoms with Crippen LogP contribution in [0, 0.1) is 11.8 Å². The van der Waals surface area contributed by atoms with Crippen LogP contribution in [0.15, 0.2) is 65.6 Å². The summed E-state index contributed by atoms with van der Waals surface area (Å²) in [4.78, 5) is 1.22. The molecule has 0 aliphatic heterocycles. The Kier molecular flexibility index (Phi) is 3.85. The molecule has 3 aromatic rings. The highest BCUT2D eigenvalue weighted by atomic mass is 32.2. The molecule has 21 heavy (non-hydrogen) atoms. The van der Waals surface area contributed by atoms with Crippen molar-refractivity contribution < 1.29 is 5.11 Å². The summed E-state index contributed by atoms with van der Waals surface area (Å²) in [7, 11) is 0. The second-order valence-corrected chi connectivity index (χ2v) is 5.54. The monoisotopic (exact) mass is 290 g/mol. The minimum atomic E-state index is 0.224. The molecule has 0 radical (unpaired) electrons. The summed E-state index contributed by atoms with van der Waals surface area (Å²) < 4.78 is 0. The topological polar surface area (TPSA) is 20.2 Å². The van der Waals surface area contributed by atoms with Crippen LogP contribution >= 0.6 is 11.8 Å². The molecule has 0 amide bonds. The van der Waals surface area contributed by atoms with E-state index >= 15 is 0 Å². The number of hydrogen-bond acceptors (Lipinski definition) is 2. The lowest BCUT2D eigenvalue weighted by atomic mass is 10.0. The summed E-state index contributed by atoms with van der Waals surface area (Å²) in [6, 6.07) is 19.7. The molecule has 0 heterocycles. The minimum Gasteiger partial charge on any atom is -0.507 e. The molecular weight excluding hydrogens is 276 g/mol. The van der Waals surface area contributed by atoms with E-state index in [0.717, 1.165) is 16.3 Å². The lowest BCUT2D eigenvalue weighted by molar-refractivity contribution is 0.474. The molecule has 0 unspecified atom stereocenters. The molecule has 0 aromatic heterocycles. The van der Waals surface area contributed by atoms with Crippen LogP contribution in [-0.4, -0.2) is 11.4 Å². The van der Waals surface area contributed by atoms with Crippen molar-refractivity contribution in [3.05, 3.63) is 71.8 Å². The van der Waals surface area contributed by atoms with Crippen LogP contribution in [0.3, 0.4) is 0 Å². The average Bonchev–Trinajstić information content (AvgIpc) is 2.54. The molecule has 0 bridgehead atoms. The van der Waals surface area contributed by atoms with Crippen LogP contribution in [-0.2, 0) is 0 Å². The van der Waals surface area contributed by atoms with Gasteiger partial charge in [-0.15, -0.1) is 11.8 Å². The normalized spacial score (nSPS) is 10.1. The van der Waals surface area contributed by atoms with Crippen molar-refractivity contribution in [1.29, 1.82) is 0 Å². The largest absolute Gasteiger partial charge is 0.507 e. The van der Waals surface area contributed by atoms with E-state index in [9.17, 15) is 5.11 Å². The first kappa shape index (κ1) is 13.6. The third-order valence-corrected chi connectivity index (χ3v) is 4.07. The lowest BCUT2D eigenvalue weighted by Gasteiger charge is -2.03. The standard InChI is InChI=1S/C19H14OS/c1-21-16-10-6-14(7-11-16)8-12-18-17-5-3-2-4-15(17)9-13-19(18)20/h2-7,9-11,13,20H,1H3. The molecule has 3 aromatic carbocycles. The molecule has 0 aliphatic rings. The molecule has 0 aliphatic carbocycles. The number of phenols is 1. The van der Waals surface area contributed by atoms with Crippen molar-refractivity contribution in [2.45, 2.75) is 4.90 Å². The zero-order valence-corrected chi connectivity index (χ0v) is 12.4. The zero-order chi connectivity index (χ0) is 14.7. The summed E-state index contributed by atoms with van der Waals surface area (Å²) in [5.74, 6) is 6.45. The lowest BCUT2D eigenvalue weighted by Crippen LogP contribution is -1.82. The average molecular weight is 290 g/mol. The number of aromatic hydroxyl groups is 1. The molecule has 0 saturated carbocycles. The summed E-state index contributed by atoms with van der Waals surface area (Å²) in [5.41, 5.74) is 1.63. The van der Waals surface area contributed by atoms with E-state index in [1.54, 1.807) is 17.8 Å². The number of benzene rings is 3. The maximum atomic E-state index is 10.1. The fourth-order valence-electron chi connectivity index (χ4n) is 2.20. The Morgan fingerprint density at radius 3 is 2.38 bits per heavy atom. The Balaban J connectivity index is 2.05. The minimum absolute atomic E-state index is 0.224. The van der Waals surface area contributed by atoms with Crippen LogP contribution in [0.2, 0.25) is 0 Å². The Labute approximate surface area is 128 Å². The first-order valence-electron chi connectivity index (χ1n) is 6.65. The zero-order valence-electron chi connectivity index (χ0n) is 11.6. The second-order valence-electron chi connectivity index (χ2n) is 4.66. The summed E-state index contributed by atoms with van der Waals surface area (Å²) in [6.45, 7) is 0. The van der Waals surface area contributed by atoms with Gasteiger partial charge in [0.1, 0.15) is 5.75 Å². The van der Waals surface area contributed by atoms with Crippen molar-refractivity contribution in [2.24, 2.45) is 0 Å². The van der Waals surface area contributed by atoms with E-state index in [-0.39, 0.29) is 5.75 Å². The Morgan fingerprint density at radius 1 is 0.857 bits per heavy atom. The first-order valence-corrected chi connectivity index (χ1v) is 7.87. The van der Waals surface area contributed by atoms with Gasteiger partial charge in [-0.1, -0.05) is 42.2 Å². The summed E-state index contributed by atoms with van der Waals surface area (Å²) in [5, 5.41) is 12.1. The molecule has 0 atom stereocenters. The quantitative estimate of drug-likeness (QED) is 0.519. The van der Waals surface area contributed by atoms with Crippen LogP contribution < -0.4 is 0 Å². The summed E-state index contributed by atoms with van der Waals surface area (Å²) in [6.07, 6.45) is 2.05. The highest BCUT2D eigenvalue weighted by Gasteiger charge is 2.03. The van der Waals surface area contributed by atoms with Gasteiger partial charge in [0.25, 0.3) is 0 Å². The van der Waals surface area contributed by atoms with Gasteiger partial charge in [0.05, 0.1) is 5.56 Å². The van der Waals surface area contributed by atoms with Gasteiger partial charge in [-0.05, 0) is 42.0 Å². The van der Waals surface area contributed by atoms with Crippen molar-refractivity contribution in [2.75, 3.05) is 6.26 Å². The van der Waals surface area contributed by atoms with Crippen LogP contribution in [0.4, 0.5) is 0 Å². The Bertz CT molecular complexity index is 839. The van der Waals surface area contributed by atoms with Gasteiger partial charge < -0.3 is 5.11 Å². The van der Waals surface area contributed by atoms with Gasteiger partial charge in [0.15, 0.2) is 0 Å². The van der Waals surface area contributed by atoms with Crippen LogP contribution in [0.25, 0.3) is 10.8 Å². The van der Waals surface area contributed by atoms with Crippen molar-refractivity contribution in [1.82, 2.24) is 0 Å². The van der Waals surface area contributed by atoms with Crippen molar-refractivity contribution >= 4 is 22.5 Å². The van der Waals surface area contributed by atoms with E-state index in [2.05, 4.69) is 30.2 Å². The number of fused-ring (bicyclic) bond motifs is 1. The predicted octanol–water partition coefficient (Wildman–Crippen LogP) is 4.67. The molecule has 2 heteroatoms. The van der Waals surface area contributed by atoms with E-state index < -0.39 is 0 Å². The van der Waals surface area contributed by atoms with Gasteiger partial charge in [-0.3, -0.25) is 0 Å². The molecule has 102 valence electrons. The Hall–Kier alpha value is -2.37. The fourth-order valence-corrected chi connectivity index (χ4v) is 2.61. The maximum absolute atomic E-state index is 10.1. The molecular formula is C19H14OS. The van der Waals surface area contributed by atoms with Gasteiger partial charge >= 0.3 is 0 Å². The fraction of sp³-hybridized carbons (Fsp3) is 0.0526. The first-order chi connectivity index (χ1) is 10.3. The molecule has 0 saturated heterocycles. The van der Waals surface area contributed by atoms with Gasteiger partial charge in [-0.25, -0.2) is 0 Å². The highest BCUT2D eigenvalue weighted by molar-refractivity contribution is 7.98. The Morgan fingerprint density at radius 2 is 1.62 bits per heavy atom. The maximum Gasteiger partial charge on any atom is 0.131 e. The molecule has 0 spiro atoms. The van der Waals surface area contributed by atoms with Crippen LogP contribution in [0.1, 0.15) is 11.1 Å². The van der Waals surface area contributed by atoms with Crippen LogP contribution in [0.5, 0.6) is 5.75 Å². The number of thioether (sulfide) groups is 1. The second kappa shape index (κ2) is 5.95. The third-order valence-electron chi connectivity index (χ3n) is 3.33. The SMILES string of the molecule is CSc1ccc(C#Cc2c(O)ccc3ccccc23)cc1.